The molecule has 0 fully saturated rings. The predicted molar refractivity (Wildman–Crippen MR) is 79.3 cm³/mol. The maximum atomic E-state index is 5.49. The summed E-state index contributed by atoms with van der Waals surface area (Å²) in [7, 11) is 1.70. The topological polar surface area (TPSA) is 34.4 Å². The van der Waals surface area contributed by atoms with E-state index in [-0.39, 0.29) is 6.04 Å². The van der Waals surface area contributed by atoms with Gasteiger partial charge in [-0.2, -0.15) is 0 Å². The second-order valence-electron chi connectivity index (χ2n) is 4.29. The van der Waals surface area contributed by atoms with Crippen molar-refractivity contribution < 1.29 is 9.15 Å². The van der Waals surface area contributed by atoms with Gasteiger partial charge in [-0.25, -0.2) is 0 Å². The molecule has 102 valence electrons. The maximum Gasteiger partial charge on any atom is 0.169 e. The second-order valence-corrected chi connectivity index (χ2v) is 5.07. The van der Waals surface area contributed by atoms with Crippen molar-refractivity contribution in [1.82, 2.24) is 5.32 Å². The number of furan rings is 1. The molecule has 1 heterocycles. The van der Waals surface area contributed by atoms with Crippen molar-refractivity contribution >= 4 is 15.9 Å². The van der Waals surface area contributed by atoms with E-state index in [0.29, 0.717) is 6.54 Å². The van der Waals surface area contributed by atoms with Crippen LogP contribution in [0.5, 0.6) is 5.75 Å². The van der Waals surface area contributed by atoms with Crippen molar-refractivity contribution in [3.63, 3.8) is 0 Å². The lowest BCUT2D eigenvalue weighted by atomic mass is 10.0. The Labute approximate surface area is 122 Å². The first-order valence-electron chi connectivity index (χ1n) is 6.35. The minimum absolute atomic E-state index is 0.250. The Morgan fingerprint density at radius 1 is 1.26 bits per heavy atom. The van der Waals surface area contributed by atoms with Crippen molar-refractivity contribution in [3.8, 4) is 5.75 Å². The quantitative estimate of drug-likeness (QED) is 0.861. The summed E-state index contributed by atoms with van der Waals surface area (Å²) < 4.78 is 11.7. The molecule has 1 unspecified atom stereocenters. The Balaban J connectivity index is 2.07. The van der Waals surface area contributed by atoms with Crippen molar-refractivity contribution in [3.05, 3.63) is 52.4 Å². The fraction of sp³-hybridized carbons (Fsp3) is 0.333. The molecule has 3 nitrogen and oxygen atoms in total. The van der Waals surface area contributed by atoms with Gasteiger partial charge in [-0.05, 0) is 40.5 Å². The summed E-state index contributed by atoms with van der Waals surface area (Å²) in [5.41, 5.74) is 1.18. The number of halogens is 1. The molecule has 1 aromatic heterocycles. The van der Waals surface area contributed by atoms with E-state index in [9.17, 15) is 0 Å². The Hall–Kier alpha value is -1.26. The molecule has 1 aromatic carbocycles. The van der Waals surface area contributed by atoms with Crippen molar-refractivity contribution in [1.29, 1.82) is 0 Å². The fourth-order valence-corrected chi connectivity index (χ4v) is 2.44. The number of methoxy groups -OCH3 is 1. The molecule has 0 bridgehead atoms. The maximum absolute atomic E-state index is 5.49. The minimum atomic E-state index is 0.250. The van der Waals surface area contributed by atoms with Gasteiger partial charge in [-0.15, -0.1) is 0 Å². The first kappa shape index (κ1) is 14.2. The van der Waals surface area contributed by atoms with E-state index < -0.39 is 0 Å². The van der Waals surface area contributed by atoms with Crippen LogP contribution in [0.3, 0.4) is 0 Å². The molecule has 2 rings (SSSR count). The zero-order valence-electron chi connectivity index (χ0n) is 11.2. The number of hydrogen-bond acceptors (Lipinski definition) is 3. The van der Waals surface area contributed by atoms with Gasteiger partial charge in [0.05, 0.1) is 13.7 Å². The highest BCUT2D eigenvalue weighted by Gasteiger charge is 2.13. The van der Waals surface area contributed by atoms with Crippen LogP contribution in [0.4, 0.5) is 0 Å². The molecule has 1 atom stereocenters. The first-order chi connectivity index (χ1) is 9.24. The fourth-order valence-electron chi connectivity index (χ4n) is 2.10. The van der Waals surface area contributed by atoms with Gasteiger partial charge in [0.2, 0.25) is 0 Å². The van der Waals surface area contributed by atoms with Gasteiger partial charge in [0.25, 0.3) is 0 Å². The third-order valence-electron chi connectivity index (χ3n) is 3.07. The number of para-hydroxylation sites is 1. The van der Waals surface area contributed by atoms with Crippen molar-refractivity contribution in [2.24, 2.45) is 0 Å². The molecule has 0 aliphatic heterocycles. The third-order valence-corrected chi connectivity index (χ3v) is 3.50. The molecule has 19 heavy (non-hydrogen) atoms. The minimum Gasteiger partial charge on any atom is -0.496 e. The van der Waals surface area contributed by atoms with Gasteiger partial charge in [-0.1, -0.05) is 25.1 Å². The highest BCUT2D eigenvalue weighted by Crippen LogP contribution is 2.27. The van der Waals surface area contributed by atoms with Crippen LogP contribution >= 0.6 is 15.9 Å². The van der Waals surface area contributed by atoms with Gasteiger partial charge in [0.15, 0.2) is 4.67 Å². The molecule has 0 spiro atoms. The molecule has 0 radical (unpaired) electrons. The number of nitrogens with one attached hydrogen (secondary N) is 1. The SMILES string of the molecule is CCC(NCc1ccc(Br)o1)c1ccccc1OC. The first-order valence-corrected chi connectivity index (χ1v) is 7.14. The van der Waals surface area contributed by atoms with Gasteiger partial charge >= 0.3 is 0 Å². The summed E-state index contributed by atoms with van der Waals surface area (Å²) >= 11 is 3.31. The molecule has 2 aromatic rings. The number of hydrogen-bond donors (Lipinski definition) is 1. The summed E-state index contributed by atoms with van der Waals surface area (Å²) in [6.45, 7) is 2.85. The standard InChI is InChI=1S/C15H18BrNO2/c1-3-13(12-6-4-5-7-14(12)18-2)17-10-11-8-9-15(16)19-11/h4-9,13,17H,3,10H2,1-2H3. The van der Waals surface area contributed by atoms with Gasteiger partial charge in [0.1, 0.15) is 11.5 Å². The molecule has 1 N–H and O–H groups in total. The summed E-state index contributed by atoms with van der Waals surface area (Å²) in [5, 5.41) is 3.50. The zero-order valence-corrected chi connectivity index (χ0v) is 12.7. The van der Waals surface area contributed by atoms with Crippen LogP contribution < -0.4 is 10.1 Å². The smallest absolute Gasteiger partial charge is 0.169 e. The van der Waals surface area contributed by atoms with Crippen LogP contribution in [0.2, 0.25) is 0 Å². The second kappa shape index (κ2) is 6.78. The van der Waals surface area contributed by atoms with Crippen LogP contribution in [0, 0.1) is 0 Å². The molecular weight excluding hydrogens is 306 g/mol. The lowest BCUT2D eigenvalue weighted by Crippen LogP contribution is -2.20. The molecule has 0 saturated heterocycles. The largest absolute Gasteiger partial charge is 0.496 e. The highest BCUT2D eigenvalue weighted by molar-refractivity contribution is 9.10. The van der Waals surface area contributed by atoms with E-state index in [4.69, 9.17) is 9.15 Å². The third kappa shape index (κ3) is 3.61. The van der Waals surface area contributed by atoms with E-state index in [2.05, 4.69) is 34.2 Å². The van der Waals surface area contributed by atoms with Crippen molar-refractivity contribution in [2.75, 3.05) is 7.11 Å². The van der Waals surface area contributed by atoms with Crippen LogP contribution in [-0.2, 0) is 6.54 Å². The van der Waals surface area contributed by atoms with Crippen molar-refractivity contribution in [2.45, 2.75) is 25.9 Å². The van der Waals surface area contributed by atoms with Gasteiger partial charge in [-0.3, -0.25) is 0 Å². The molecule has 0 aliphatic carbocycles. The molecule has 0 amide bonds. The Bertz CT molecular complexity index is 524. The van der Waals surface area contributed by atoms with Crippen LogP contribution in [0.15, 0.2) is 45.5 Å². The lowest BCUT2D eigenvalue weighted by Gasteiger charge is -2.19. The van der Waals surface area contributed by atoms with Gasteiger partial charge in [0, 0.05) is 11.6 Å². The molecule has 0 aliphatic rings. The summed E-state index contributed by atoms with van der Waals surface area (Å²) in [4.78, 5) is 0. The zero-order chi connectivity index (χ0) is 13.7. The monoisotopic (exact) mass is 323 g/mol. The Morgan fingerprint density at radius 3 is 2.68 bits per heavy atom. The van der Waals surface area contributed by atoms with E-state index >= 15 is 0 Å². The normalized spacial score (nSPS) is 12.4. The van der Waals surface area contributed by atoms with Gasteiger partial charge < -0.3 is 14.5 Å². The Kier molecular flexibility index (Phi) is 5.05. The average molecular weight is 324 g/mol. The van der Waals surface area contributed by atoms with Crippen LogP contribution in [0.25, 0.3) is 0 Å². The number of ether oxygens (including phenoxy) is 1. The predicted octanol–water partition coefficient (Wildman–Crippen LogP) is 4.29. The van der Waals surface area contributed by atoms with Crippen LogP contribution in [0.1, 0.15) is 30.7 Å². The highest BCUT2D eigenvalue weighted by atomic mass is 79.9. The number of rotatable bonds is 6. The van der Waals surface area contributed by atoms with E-state index in [0.717, 1.165) is 22.6 Å². The van der Waals surface area contributed by atoms with E-state index in [1.807, 2.05) is 30.3 Å². The van der Waals surface area contributed by atoms with Crippen LogP contribution in [-0.4, -0.2) is 7.11 Å². The molecular formula is C15H18BrNO2. The van der Waals surface area contributed by atoms with E-state index in [1.54, 1.807) is 7.11 Å². The molecule has 0 saturated carbocycles. The average Bonchev–Trinajstić information content (AvgIpc) is 2.86. The summed E-state index contributed by atoms with van der Waals surface area (Å²) in [5.74, 6) is 1.84. The summed E-state index contributed by atoms with van der Waals surface area (Å²) in [6.07, 6.45) is 0.988. The Morgan fingerprint density at radius 2 is 2.05 bits per heavy atom. The number of benzene rings is 1. The summed E-state index contributed by atoms with van der Waals surface area (Å²) in [6, 6.07) is 12.2. The molecule has 4 heteroatoms. The van der Waals surface area contributed by atoms with E-state index in [1.165, 1.54) is 5.56 Å². The lowest BCUT2D eigenvalue weighted by molar-refractivity contribution is 0.389.